The quantitative estimate of drug-likeness (QED) is 0.0547. The zero-order chi connectivity index (χ0) is 104. The molecule has 21 aliphatic carbocycles. The third-order valence-corrected chi connectivity index (χ3v) is 49.2. The zero-order valence-electron chi connectivity index (χ0n) is 90.8. The second-order valence-electron chi connectivity index (χ2n) is 56.2. The van der Waals surface area contributed by atoms with Crippen molar-refractivity contribution < 1.29 is 62.7 Å². The van der Waals surface area contributed by atoms with Gasteiger partial charge >= 0.3 is 0 Å². The van der Waals surface area contributed by atoms with Gasteiger partial charge in [0.25, 0.3) is 6.43 Å². The van der Waals surface area contributed by atoms with E-state index in [0.29, 0.717) is 145 Å². The second-order valence-corrected chi connectivity index (χ2v) is 56.3. The van der Waals surface area contributed by atoms with Crippen LogP contribution in [0.2, 0.25) is 0 Å². The monoisotopic (exact) mass is 2070 g/mol. The molecule has 0 unspecified atom stereocenters. The molecule has 21 saturated carbocycles. The Morgan fingerprint density at radius 3 is 0.926 bits per heavy atom. The molecule has 21 fully saturated rings. The molecular weight excluding hydrogens is 1890 g/mol. The van der Waals surface area contributed by atoms with Crippen molar-refractivity contribution in [3.63, 3.8) is 0 Å². The third-order valence-electron chi connectivity index (χ3n) is 49.1. The summed E-state index contributed by atoms with van der Waals surface area (Å²) in [6.45, 7) is 15.9. The summed E-state index contributed by atoms with van der Waals surface area (Å²) in [5.74, 6) is 30.1. The molecule has 40 atom stereocenters. The minimum absolute atomic E-state index is 0.0939. The van der Waals surface area contributed by atoms with Crippen molar-refractivity contribution in [3.05, 3.63) is 110 Å². The lowest BCUT2D eigenvalue weighted by atomic mass is 9.49. The van der Waals surface area contributed by atoms with Crippen molar-refractivity contribution in [3.8, 4) is 23.1 Å². The number of nitrogens with zero attached hydrogens (tertiary/aromatic N) is 7. The van der Waals surface area contributed by atoms with Gasteiger partial charge in [0, 0.05) is 103 Å². The van der Waals surface area contributed by atoms with Crippen molar-refractivity contribution in [2.45, 2.75) is 410 Å². The Kier molecular flexibility index (Phi) is 30.5. The first kappa shape index (κ1) is 107. The van der Waals surface area contributed by atoms with E-state index in [9.17, 15) is 62.7 Å². The van der Waals surface area contributed by atoms with E-state index in [4.69, 9.17) is 11.6 Å². The molecule has 5 aromatic rings. The van der Waals surface area contributed by atoms with Crippen molar-refractivity contribution in [1.82, 2.24) is 33.3 Å². The zero-order valence-corrected chi connectivity index (χ0v) is 91.5. The number of Topliss-reactive ketones (excluding diaryl/α,β-unsaturated/α-hetero) is 5. The lowest BCUT2D eigenvalue weighted by Gasteiger charge is -2.57. The van der Waals surface area contributed by atoms with Crippen LogP contribution in [-0.4, -0.2) is 129 Å². The molecule has 0 aromatic carbocycles. The molecule has 0 bridgehead atoms. The molecule has 26 rings (SSSR count). The van der Waals surface area contributed by atoms with E-state index >= 15 is 0 Å². The molecule has 0 saturated heterocycles. The van der Waals surface area contributed by atoms with E-state index in [0.717, 1.165) is 218 Å². The van der Waals surface area contributed by atoms with Gasteiger partial charge in [0.2, 0.25) is 0 Å². The summed E-state index contributed by atoms with van der Waals surface area (Å²) >= 11 is 5.62. The average Bonchev–Trinajstić information content (AvgIpc) is 1.63. The molecule has 21 aliphatic rings. The molecule has 21 heteroatoms. The molecule has 0 amide bonds. The molecule has 17 nitrogen and oxygen atoms in total. The molecule has 0 spiro atoms. The van der Waals surface area contributed by atoms with Crippen molar-refractivity contribution in [2.24, 2.45) is 211 Å². The highest BCUT2D eigenvalue weighted by molar-refractivity contribution is 6.30. The van der Waals surface area contributed by atoms with Gasteiger partial charge in [0.05, 0.1) is 43.9 Å². The number of carbonyl (C=O) groups excluding carboxylic acids is 5. The predicted molar refractivity (Wildman–Crippen MR) is 572 cm³/mol. The summed E-state index contributed by atoms with van der Waals surface area (Å²) in [6, 6.07) is 15.7. The molecular formula is C128H179ClF3N7O10. The minimum Gasteiger partial charge on any atom is -0.390 e. The first-order valence-corrected chi connectivity index (χ1v) is 60.9. The number of fused-ring (bicyclic) bond motifs is 25. The summed E-state index contributed by atoms with van der Waals surface area (Å²) in [4.78, 5) is 66.0. The first-order valence-electron chi connectivity index (χ1n) is 60.5. The molecule has 5 N–H and O–H groups in total. The van der Waals surface area contributed by atoms with Gasteiger partial charge < -0.3 is 39.2 Å². The number of halogens is 4. The van der Waals surface area contributed by atoms with Gasteiger partial charge in [-0.25, -0.2) is 13.2 Å². The molecule has 814 valence electrons. The van der Waals surface area contributed by atoms with Gasteiger partial charge in [-0.15, -0.1) is 0 Å². The van der Waals surface area contributed by atoms with Gasteiger partial charge in [-0.2, -0.15) is 10.2 Å². The van der Waals surface area contributed by atoms with Crippen molar-refractivity contribution in [1.29, 1.82) is 0 Å². The van der Waals surface area contributed by atoms with Crippen LogP contribution in [0, 0.1) is 234 Å². The number of hydrogen-bond donors (Lipinski definition) is 5. The van der Waals surface area contributed by atoms with Crippen LogP contribution in [0.15, 0.2) is 110 Å². The third kappa shape index (κ3) is 20.6. The van der Waals surface area contributed by atoms with Crippen molar-refractivity contribution >= 4 is 40.5 Å². The van der Waals surface area contributed by atoms with Gasteiger partial charge in [-0.3, -0.25) is 33.3 Å². The SMILES string of the molecule is C[C@@]1(O)CC[C@H]2[C@H](CC[C@@H]3[C@@H]2CC[C@]2(C)[C@@H](C(=O)Cn4cccn4)CC[C@@H]32)C1.C[C@]12CC[C@H]3[C@@H](CC[C@@H]4C[C@@](O)(C#CC5CC5)CC[C@@H]43)[C@@H]1CC[C@@H]2C(=O)Cn1cccc1.C[C@]12CC[C@H]3[C@@H](CC[C@@H]4C[C@@](O)(C#CCl)CC[C@@H]43)[C@@H]1CC[C@@H]2C(=O)Cn1cccc1.C[C@]12CC[C@H]3[C@@H](CC[C@@H]4C[C@@](O)(C(F)F)CC[C@@H]43)[C@@H]1CC[C@@H]2C(=O)Cn1cccc1.C[C@]12CC[C@H]3[C@@H](CC[C@@H]4C[C@@](O)(CF)CC[C@@H]43)[C@@H]1CC[C@@H]2C(=O)Cn1cccn1. The van der Waals surface area contributed by atoms with E-state index in [-0.39, 0.29) is 75.4 Å². The van der Waals surface area contributed by atoms with Gasteiger partial charge in [-0.05, 0) is 544 Å². The largest absolute Gasteiger partial charge is 0.390 e. The van der Waals surface area contributed by atoms with E-state index in [1.807, 2.05) is 119 Å². The fourth-order valence-electron chi connectivity index (χ4n) is 42.1. The van der Waals surface area contributed by atoms with Crippen molar-refractivity contribution in [2.75, 3.05) is 6.67 Å². The number of aliphatic hydroxyl groups is 5. The van der Waals surface area contributed by atoms with Crippen LogP contribution in [0.5, 0.6) is 0 Å². The first-order chi connectivity index (χ1) is 71.5. The van der Waals surface area contributed by atoms with Crippen LogP contribution in [0.4, 0.5) is 13.2 Å². The Balaban J connectivity index is 0.000000105. The Morgan fingerprint density at radius 1 is 0.315 bits per heavy atom. The normalized spacial score (nSPS) is 46.0. The number of rotatable bonds is 17. The number of alkyl halides is 3. The highest BCUT2D eigenvalue weighted by atomic mass is 35.5. The fourth-order valence-corrected chi connectivity index (χ4v) is 42.3. The van der Waals surface area contributed by atoms with Crippen LogP contribution in [0.3, 0.4) is 0 Å². The maximum atomic E-state index is 13.4. The standard InChI is InChI=1S/C29H39NO2.C26H34ClNO2.C25H35F2NO2.C24H35FN2O2.C24H36N2O2/c1-28-13-11-23-22-12-15-29(32,14-10-20-4-5-20)18-21(22)6-7-24(23)25(28)8-9-26(28)27(31)19-30-16-2-3-17-30;1-25-10-8-20-19-9-11-26(30,12-13-27)16-18(19)4-5-21(20)22(25)6-7-23(25)24(29)17-28-14-2-3-15-28;1-24-10-8-18-17-9-11-25(30,23(26)27)14-16(17)4-5-19(18)20(24)6-7-21(24)22(29)15-28-12-2-3-13-28;1-23-9-7-18-17-8-10-24(29,15-25)13-16(17)3-4-19(18)20(23)5-6-21(23)22(28)14-27-12-2-11-26-27;1-23(28)10-8-17-16(14-23)4-5-19-18(17)9-11-24(2)20(19)6-7-21(24)22(27)15-26-13-3-12-25-26/h2-3,16-17,20-26,32H,4-9,11-13,15,18-19H2,1H3;2-3,14-15,18-23,30H,4-11,16-17H2,1H3;2-3,12-13,16-21,23,30H,4-11,14-15H2,1H3;2,11-12,16-21,29H,3-10,13-15H2,1H3;3,12-13,16-21,28H,4-11,14-15H2,1-2H3/t21-,22+,23-,24-,25+,26-,28+,29-;18-,19+,20-,21-,22+,23-,25+,26+;16-,17+,18-,19-,20+,21-,24+,25-;16-,17+,18-,19-,20+,21-,23+,24-;16-,17+,18-,19-,20+,21-,23-,24+/m11111/s1. The summed E-state index contributed by atoms with van der Waals surface area (Å²) in [6.07, 6.45) is 66.7. The summed E-state index contributed by atoms with van der Waals surface area (Å²) in [5, 5.41) is 64.3. The predicted octanol–water partition coefficient (Wildman–Crippen LogP) is 24.9. The molecule has 5 aromatic heterocycles. The fraction of sp³-hybridized carbons (Fsp3) is 0.789. The average molecular weight is 2070 g/mol. The van der Waals surface area contributed by atoms with E-state index in [1.54, 1.807) is 21.8 Å². The number of aromatic nitrogens is 7. The molecule has 5 heterocycles. The second kappa shape index (κ2) is 42.5. The van der Waals surface area contributed by atoms with Crippen LogP contribution in [0.25, 0.3) is 0 Å². The minimum atomic E-state index is -2.63. The molecule has 0 radical (unpaired) electrons. The van der Waals surface area contributed by atoms with Gasteiger partial charge in [0.15, 0.2) is 28.9 Å². The molecule has 149 heavy (non-hydrogen) atoms. The Bertz CT molecular complexity index is 5610. The van der Waals surface area contributed by atoms with Crippen LogP contribution in [0.1, 0.15) is 343 Å². The Morgan fingerprint density at radius 2 is 0.611 bits per heavy atom. The maximum absolute atomic E-state index is 13.4. The lowest BCUT2D eigenvalue weighted by molar-refractivity contribution is -0.160. The molecule has 0 aliphatic heterocycles. The van der Waals surface area contributed by atoms with Gasteiger partial charge in [0.1, 0.15) is 23.5 Å². The van der Waals surface area contributed by atoms with Crippen LogP contribution < -0.4 is 0 Å². The number of ketones is 5. The van der Waals surface area contributed by atoms with E-state index < -0.39 is 41.1 Å². The number of hydrogen-bond acceptors (Lipinski definition) is 12. The van der Waals surface area contributed by atoms with Crippen LogP contribution >= 0.6 is 11.6 Å². The highest BCUT2D eigenvalue weighted by Gasteiger charge is 2.67. The maximum Gasteiger partial charge on any atom is 0.266 e. The highest BCUT2D eigenvalue weighted by Crippen LogP contribution is 2.72. The number of carbonyl (C=O) groups is 5. The Labute approximate surface area is 892 Å². The lowest BCUT2D eigenvalue weighted by Crippen LogP contribution is -2.53. The summed E-state index contributed by atoms with van der Waals surface area (Å²) in [5.41, 5.74) is -4.06. The smallest absolute Gasteiger partial charge is 0.266 e. The summed E-state index contributed by atoms with van der Waals surface area (Å²) < 4.78 is 49.8. The Hall–Kier alpha value is -6.39. The van der Waals surface area contributed by atoms with Gasteiger partial charge in [-0.1, -0.05) is 52.4 Å². The van der Waals surface area contributed by atoms with E-state index in [2.05, 4.69) is 68.0 Å². The van der Waals surface area contributed by atoms with Crippen LogP contribution in [-0.2, 0) is 56.7 Å². The summed E-state index contributed by atoms with van der Waals surface area (Å²) in [7, 11) is 0. The van der Waals surface area contributed by atoms with E-state index in [1.165, 1.54) is 135 Å². The topological polar surface area (TPSA) is 237 Å².